The number of carbonyl (C=O) groups is 1. The van der Waals surface area contributed by atoms with Gasteiger partial charge in [-0.25, -0.2) is 5.43 Å². The Morgan fingerprint density at radius 2 is 1.76 bits per heavy atom. The minimum absolute atomic E-state index is 0.251. The first kappa shape index (κ1) is 23.0. The maximum atomic E-state index is 13.0. The van der Waals surface area contributed by atoms with Gasteiger partial charge in [-0.2, -0.15) is 5.10 Å². The molecule has 6 rings (SSSR count). The molecular formula is C32H29N3O2. The summed E-state index contributed by atoms with van der Waals surface area (Å²) in [5, 5.41) is 6.25. The molecule has 1 spiro atoms. The van der Waals surface area contributed by atoms with Gasteiger partial charge in [0.25, 0.3) is 5.91 Å². The number of nitrogens with zero attached hydrogens (tertiary/aromatic N) is 2. The molecule has 1 unspecified atom stereocenters. The van der Waals surface area contributed by atoms with Crippen molar-refractivity contribution in [2.45, 2.75) is 31.9 Å². The number of rotatable bonds is 3. The highest BCUT2D eigenvalue weighted by atomic mass is 16.5. The van der Waals surface area contributed by atoms with Gasteiger partial charge in [0.15, 0.2) is 0 Å². The van der Waals surface area contributed by atoms with Gasteiger partial charge in [-0.05, 0) is 79.1 Å². The number of amides is 1. The molecule has 1 N–H and O–H groups in total. The summed E-state index contributed by atoms with van der Waals surface area (Å²) < 4.78 is 6.91. The second-order valence-corrected chi connectivity index (χ2v) is 10.3. The molecule has 0 saturated heterocycles. The van der Waals surface area contributed by atoms with E-state index in [2.05, 4.69) is 78.8 Å². The Morgan fingerprint density at radius 3 is 2.59 bits per heavy atom. The van der Waals surface area contributed by atoms with Crippen LogP contribution >= 0.6 is 0 Å². The summed E-state index contributed by atoms with van der Waals surface area (Å²) in [5.41, 5.74) is 7.62. The molecule has 0 bridgehead atoms. The lowest BCUT2D eigenvalue weighted by molar-refractivity contribution is 0.0580. The molecule has 0 aromatic heterocycles. The fraction of sp³-hybridized carbons (Fsp3) is 0.188. The fourth-order valence-corrected chi connectivity index (χ4v) is 5.81. The maximum absolute atomic E-state index is 13.0. The molecule has 2 aliphatic rings. The van der Waals surface area contributed by atoms with Crippen LogP contribution in [0.4, 0.5) is 5.69 Å². The first-order chi connectivity index (χ1) is 17.8. The van der Waals surface area contributed by atoms with E-state index in [1.807, 2.05) is 55.5 Å². The first-order valence-electron chi connectivity index (χ1n) is 12.5. The number of hydrogen-bond acceptors (Lipinski definition) is 4. The lowest BCUT2D eigenvalue weighted by Crippen LogP contribution is -2.58. The van der Waals surface area contributed by atoms with Crippen LogP contribution in [0, 0.1) is 6.92 Å². The maximum Gasteiger partial charge on any atom is 0.271 e. The number of aryl methyl sites for hydroxylation is 1. The Labute approximate surface area is 217 Å². The minimum atomic E-state index is -0.687. The zero-order valence-electron chi connectivity index (χ0n) is 21.4. The van der Waals surface area contributed by atoms with E-state index >= 15 is 0 Å². The van der Waals surface area contributed by atoms with Crippen LogP contribution in [0.5, 0.6) is 5.75 Å². The molecule has 5 nitrogen and oxygen atoms in total. The number of anilines is 1. The lowest BCUT2D eigenvalue weighted by atomic mass is 9.76. The summed E-state index contributed by atoms with van der Waals surface area (Å²) in [6, 6.07) is 26.1. The standard InChI is InChI=1S/C32H29N3O2/c1-21-18-23-16-17-32(31(2,3)27-14-7-8-15-28(27)35(32)4)37-29(23)24(19-21)20-33-34-30(36)26-13-9-11-22-10-5-6-12-25(22)26/h5-20H,1-4H3,(H,34,36)/b33-20+. The van der Waals surface area contributed by atoms with E-state index in [9.17, 15) is 4.79 Å². The molecule has 1 atom stereocenters. The summed E-state index contributed by atoms with van der Waals surface area (Å²) in [5.74, 6) is 0.503. The zero-order valence-corrected chi connectivity index (χ0v) is 21.4. The Morgan fingerprint density at radius 1 is 1.00 bits per heavy atom. The number of carbonyl (C=O) groups excluding carboxylic acids is 1. The molecule has 0 fully saturated rings. The number of likely N-dealkylation sites (N-methyl/N-ethyl adjacent to an activating group) is 1. The van der Waals surface area contributed by atoms with Crippen LogP contribution in [0.1, 0.15) is 46.5 Å². The molecule has 4 aromatic carbocycles. The fourth-order valence-electron chi connectivity index (χ4n) is 5.81. The van der Waals surface area contributed by atoms with Crippen molar-refractivity contribution < 1.29 is 9.53 Å². The van der Waals surface area contributed by atoms with Crippen molar-refractivity contribution in [2.75, 3.05) is 11.9 Å². The van der Waals surface area contributed by atoms with Crippen molar-refractivity contribution in [3.63, 3.8) is 0 Å². The summed E-state index contributed by atoms with van der Waals surface area (Å²) in [4.78, 5) is 15.2. The summed E-state index contributed by atoms with van der Waals surface area (Å²) in [7, 11) is 2.08. The summed E-state index contributed by atoms with van der Waals surface area (Å²) in [6.07, 6.45) is 5.98. The number of para-hydroxylation sites is 1. The van der Waals surface area contributed by atoms with Gasteiger partial charge in [-0.3, -0.25) is 4.79 Å². The van der Waals surface area contributed by atoms with E-state index in [0.29, 0.717) is 5.56 Å². The number of hydrazone groups is 1. The Kier molecular flexibility index (Phi) is 5.19. The van der Waals surface area contributed by atoms with Crippen molar-refractivity contribution >= 4 is 34.7 Å². The second-order valence-electron chi connectivity index (χ2n) is 10.3. The van der Waals surface area contributed by atoms with Gasteiger partial charge >= 0.3 is 0 Å². The van der Waals surface area contributed by atoms with E-state index in [0.717, 1.165) is 38.9 Å². The molecule has 0 radical (unpaired) electrons. The average Bonchev–Trinajstić information content (AvgIpc) is 3.06. The van der Waals surface area contributed by atoms with Crippen molar-refractivity contribution in [3.05, 3.63) is 113 Å². The monoisotopic (exact) mass is 487 g/mol. The van der Waals surface area contributed by atoms with Gasteiger partial charge in [0.05, 0.1) is 11.6 Å². The molecule has 184 valence electrons. The Hall–Kier alpha value is -4.38. The average molecular weight is 488 g/mol. The van der Waals surface area contributed by atoms with Gasteiger partial charge < -0.3 is 9.64 Å². The predicted octanol–water partition coefficient (Wildman–Crippen LogP) is 6.44. The molecule has 1 amide bonds. The molecule has 2 heterocycles. The van der Waals surface area contributed by atoms with Gasteiger partial charge in [-0.15, -0.1) is 0 Å². The van der Waals surface area contributed by atoms with Crippen molar-refractivity contribution in [1.82, 2.24) is 5.43 Å². The van der Waals surface area contributed by atoms with E-state index in [1.54, 1.807) is 6.21 Å². The number of hydrogen-bond donors (Lipinski definition) is 1. The second kappa shape index (κ2) is 8.34. The van der Waals surface area contributed by atoms with Gasteiger partial charge in [0.2, 0.25) is 5.72 Å². The molecule has 5 heteroatoms. The first-order valence-corrected chi connectivity index (χ1v) is 12.5. The van der Waals surface area contributed by atoms with Crippen molar-refractivity contribution in [3.8, 4) is 5.75 Å². The zero-order chi connectivity index (χ0) is 25.8. The third kappa shape index (κ3) is 3.45. The van der Waals surface area contributed by atoms with E-state index < -0.39 is 5.72 Å². The van der Waals surface area contributed by atoms with E-state index in [1.165, 1.54) is 5.56 Å². The molecule has 4 aromatic rings. The third-order valence-electron chi connectivity index (χ3n) is 7.77. The lowest BCUT2D eigenvalue weighted by Gasteiger charge is -2.46. The SMILES string of the molecule is Cc1cc2c(c(/C=N/NC(=O)c3cccc4ccccc34)c1)OC1(C=C2)N(C)c2ccccc2C1(C)C. The highest BCUT2D eigenvalue weighted by molar-refractivity contribution is 6.07. The van der Waals surface area contributed by atoms with Crippen LogP contribution in [-0.2, 0) is 5.41 Å². The number of nitrogens with one attached hydrogen (secondary N) is 1. The van der Waals surface area contributed by atoms with Crippen LogP contribution in [0.2, 0.25) is 0 Å². The topological polar surface area (TPSA) is 53.9 Å². The smallest absolute Gasteiger partial charge is 0.271 e. The highest BCUT2D eigenvalue weighted by Crippen LogP contribution is 2.54. The largest absolute Gasteiger partial charge is 0.462 e. The van der Waals surface area contributed by atoms with Crippen LogP contribution in [0.3, 0.4) is 0 Å². The molecular weight excluding hydrogens is 458 g/mol. The Balaban J connectivity index is 1.33. The summed E-state index contributed by atoms with van der Waals surface area (Å²) in [6.45, 7) is 6.49. The van der Waals surface area contributed by atoms with E-state index in [4.69, 9.17) is 4.74 Å². The number of ether oxygens (including phenoxy) is 1. The highest BCUT2D eigenvalue weighted by Gasteiger charge is 2.57. The quantitative estimate of drug-likeness (QED) is 0.267. The minimum Gasteiger partial charge on any atom is -0.462 e. The summed E-state index contributed by atoms with van der Waals surface area (Å²) >= 11 is 0. The van der Waals surface area contributed by atoms with Crippen molar-refractivity contribution in [2.24, 2.45) is 5.10 Å². The van der Waals surface area contributed by atoms with Crippen molar-refractivity contribution in [1.29, 1.82) is 0 Å². The number of fused-ring (bicyclic) bond motifs is 3. The number of benzene rings is 4. The molecule has 0 aliphatic carbocycles. The molecule has 2 aliphatic heterocycles. The Bertz CT molecular complexity index is 1610. The van der Waals surface area contributed by atoms with Gasteiger partial charge in [0.1, 0.15) is 5.75 Å². The van der Waals surface area contributed by atoms with Crippen LogP contribution in [0.15, 0.2) is 90.0 Å². The van der Waals surface area contributed by atoms with E-state index in [-0.39, 0.29) is 11.3 Å². The predicted molar refractivity (Wildman–Crippen MR) is 150 cm³/mol. The van der Waals surface area contributed by atoms with Crippen LogP contribution in [0.25, 0.3) is 16.8 Å². The van der Waals surface area contributed by atoms with Gasteiger partial charge in [-0.1, -0.05) is 54.6 Å². The third-order valence-corrected chi connectivity index (χ3v) is 7.77. The van der Waals surface area contributed by atoms with Crippen LogP contribution in [-0.4, -0.2) is 24.9 Å². The molecule has 37 heavy (non-hydrogen) atoms. The van der Waals surface area contributed by atoms with Crippen LogP contribution < -0.4 is 15.1 Å². The normalized spacial score (nSPS) is 19.2. The molecule has 0 saturated carbocycles. The van der Waals surface area contributed by atoms with Gasteiger partial charge in [0, 0.05) is 29.4 Å².